The fourth-order valence-corrected chi connectivity index (χ4v) is 9.10. The smallest absolute Gasteiger partial charge is 0.233 e. The molecular weight excluding hydrogens is 516 g/mol. The number of imide groups is 2. The second kappa shape index (κ2) is 11.7. The van der Waals surface area contributed by atoms with Gasteiger partial charge >= 0.3 is 0 Å². The summed E-state index contributed by atoms with van der Waals surface area (Å²) < 4.78 is 6.58. The van der Waals surface area contributed by atoms with Gasteiger partial charge in [-0.05, 0) is 95.3 Å². The highest BCUT2D eigenvalue weighted by Crippen LogP contribution is 2.50. The zero-order valence-corrected chi connectivity index (χ0v) is 26.5. The molecule has 0 N–H and O–H groups in total. The normalized spacial score (nSPS) is 36.6. The van der Waals surface area contributed by atoms with E-state index in [0.717, 1.165) is 44.4 Å². The van der Waals surface area contributed by atoms with Gasteiger partial charge in [0.25, 0.3) is 0 Å². The zero-order valence-electron chi connectivity index (χ0n) is 26.5. The summed E-state index contributed by atoms with van der Waals surface area (Å²) in [6.07, 6.45) is 13.2. The molecule has 2 heterocycles. The first-order chi connectivity index (χ1) is 19.5. The van der Waals surface area contributed by atoms with E-state index in [1.165, 1.54) is 30.6 Å². The van der Waals surface area contributed by atoms with Crippen molar-refractivity contribution < 1.29 is 23.9 Å². The molecule has 0 aromatic heterocycles. The van der Waals surface area contributed by atoms with Crippen LogP contribution in [0.5, 0.6) is 0 Å². The van der Waals surface area contributed by atoms with Crippen LogP contribution >= 0.6 is 0 Å². The lowest BCUT2D eigenvalue weighted by molar-refractivity contribution is -0.147. The summed E-state index contributed by atoms with van der Waals surface area (Å²) >= 11 is 0. The summed E-state index contributed by atoms with van der Waals surface area (Å²) in [5, 5.41) is 0. The predicted molar refractivity (Wildman–Crippen MR) is 157 cm³/mol. The van der Waals surface area contributed by atoms with Crippen molar-refractivity contribution in [2.75, 3.05) is 0 Å². The molecule has 7 nitrogen and oxygen atoms in total. The maximum Gasteiger partial charge on any atom is 0.233 e. The van der Waals surface area contributed by atoms with E-state index in [9.17, 15) is 19.2 Å². The van der Waals surface area contributed by atoms with Crippen LogP contribution in [0.1, 0.15) is 131 Å². The summed E-state index contributed by atoms with van der Waals surface area (Å²) in [6.45, 7) is 13.1. The molecule has 5 fully saturated rings. The Bertz CT molecular complexity index is 974. The molecule has 41 heavy (non-hydrogen) atoms. The molecule has 4 unspecified atom stereocenters. The number of carbonyl (C=O) groups is 4. The largest absolute Gasteiger partial charge is 0.375 e. The van der Waals surface area contributed by atoms with Crippen molar-refractivity contribution >= 4 is 23.6 Å². The first-order valence-corrected chi connectivity index (χ1v) is 16.9. The van der Waals surface area contributed by atoms with Gasteiger partial charge in [-0.2, -0.15) is 0 Å². The molecule has 3 aliphatic carbocycles. The average molecular weight is 571 g/mol. The number of rotatable bonds is 9. The van der Waals surface area contributed by atoms with Gasteiger partial charge in [-0.15, -0.1) is 0 Å². The van der Waals surface area contributed by atoms with Crippen molar-refractivity contribution in [1.29, 1.82) is 0 Å². The molecule has 3 saturated carbocycles. The molecule has 5 rings (SSSR count). The Morgan fingerprint density at radius 3 is 1.44 bits per heavy atom. The number of nitrogens with zero attached hydrogens (tertiary/aromatic N) is 2. The number of ether oxygens (including phenoxy) is 1. The minimum atomic E-state index is -0.508. The van der Waals surface area contributed by atoms with Crippen molar-refractivity contribution in [1.82, 2.24) is 9.80 Å². The van der Waals surface area contributed by atoms with Crippen LogP contribution in [-0.4, -0.2) is 57.2 Å². The number of hydrogen-bond donors (Lipinski definition) is 0. The maximum atomic E-state index is 13.6. The van der Waals surface area contributed by atoms with Gasteiger partial charge in [-0.3, -0.25) is 29.0 Å². The molecule has 4 amide bonds. The first-order valence-electron chi connectivity index (χ1n) is 16.9. The highest BCUT2D eigenvalue weighted by Gasteiger charge is 2.62. The molecule has 0 spiro atoms. The lowest BCUT2D eigenvalue weighted by Crippen LogP contribution is -2.49. The monoisotopic (exact) mass is 570 g/mol. The third-order valence-electron chi connectivity index (χ3n) is 12.9. The Hall–Kier alpha value is -1.76. The van der Waals surface area contributed by atoms with E-state index < -0.39 is 29.2 Å². The Morgan fingerprint density at radius 2 is 1.02 bits per heavy atom. The topological polar surface area (TPSA) is 84.0 Å². The molecule has 7 heteroatoms. The van der Waals surface area contributed by atoms with Gasteiger partial charge in [0, 0.05) is 11.6 Å². The van der Waals surface area contributed by atoms with E-state index in [2.05, 4.69) is 20.8 Å². The second-order valence-corrected chi connectivity index (χ2v) is 14.6. The molecule has 2 aliphatic heterocycles. The minimum absolute atomic E-state index is 0.0859. The lowest BCUT2D eigenvalue weighted by Gasteiger charge is -2.42. The van der Waals surface area contributed by atoms with Gasteiger partial charge < -0.3 is 4.74 Å². The van der Waals surface area contributed by atoms with Crippen molar-refractivity contribution in [2.24, 2.45) is 35.0 Å². The van der Waals surface area contributed by atoms with E-state index >= 15 is 0 Å². The molecule has 0 bridgehead atoms. The zero-order chi connectivity index (χ0) is 29.7. The third kappa shape index (κ3) is 5.20. The molecule has 230 valence electrons. The SMILES string of the molecule is CCC(C)(CC)C1CCC(OC2CCC(N3C(=O)C4CC5C(=O)N(C(C)(CC)CC)C(=O)C5CC4C3=O)CC2)CC1. The molecule has 5 aliphatic rings. The van der Waals surface area contributed by atoms with Gasteiger partial charge in [0.05, 0.1) is 35.9 Å². The number of hydrogen-bond acceptors (Lipinski definition) is 5. The fourth-order valence-electron chi connectivity index (χ4n) is 9.10. The van der Waals surface area contributed by atoms with Gasteiger partial charge in [-0.25, -0.2) is 0 Å². The molecule has 0 aromatic carbocycles. The van der Waals surface area contributed by atoms with Crippen LogP contribution in [0.25, 0.3) is 0 Å². The Kier molecular flexibility index (Phi) is 8.78. The van der Waals surface area contributed by atoms with Gasteiger partial charge in [0.15, 0.2) is 0 Å². The van der Waals surface area contributed by atoms with Crippen molar-refractivity contribution in [3.05, 3.63) is 0 Å². The fraction of sp³-hybridized carbons (Fsp3) is 0.882. The van der Waals surface area contributed by atoms with E-state index in [1.807, 2.05) is 20.8 Å². The minimum Gasteiger partial charge on any atom is -0.375 e. The Morgan fingerprint density at radius 1 is 0.610 bits per heavy atom. The van der Waals surface area contributed by atoms with Gasteiger partial charge in [0.1, 0.15) is 0 Å². The maximum absolute atomic E-state index is 13.6. The summed E-state index contributed by atoms with van der Waals surface area (Å²) in [7, 11) is 0. The van der Waals surface area contributed by atoms with Gasteiger partial charge in [-0.1, -0.05) is 47.5 Å². The number of fused-ring (bicyclic) bond motifs is 2. The summed E-state index contributed by atoms with van der Waals surface area (Å²) in [6, 6.07) is -0.0859. The van der Waals surface area contributed by atoms with E-state index in [1.54, 1.807) is 4.90 Å². The van der Waals surface area contributed by atoms with Crippen LogP contribution < -0.4 is 0 Å². The second-order valence-electron chi connectivity index (χ2n) is 14.6. The summed E-state index contributed by atoms with van der Waals surface area (Å²) in [5.74, 6) is -1.55. The van der Waals surface area contributed by atoms with Crippen LogP contribution in [-0.2, 0) is 23.9 Å². The average Bonchev–Trinajstić information content (AvgIpc) is 3.40. The van der Waals surface area contributed by atoms with Crippen molar-refractivity contribution in [2.45, 2.75) is 155 Å². The molecule has 0 aromatic rings. The highest BCUT2D eigenvalue weighted by atomic mass is 16.5. The first kappa shape index (κ1) is 30.7. The van der Waals surface area contributed by atoms with Crippen molar-refractivity contribution in [3.8, 4) is 0 Å². The molecule has 0 radical (unpaired) electrons. The molecule has 2 saturated heterocycles. The number of amides is 4. The Labute approximate surface area is 247 Å². The van der Waals surface area contributed by atoms with Crippen LogP contribution in [0.3, 0.4) is 0 Å². The van der Waals surface area contributed by atoms with E-state index in [0.29, 0.717) is 37.2 Å². The lowest BCUT2D eigenvalue weighted by atomic mass is 9.66. The number of carbonyl (C=O) groups excluding carboxylic acids is 4. The van der Waals surface area contributed by atoms with Crippen molar-refractivity contribution in [3.63, 3.8) is 0 Å². The quantitative estimate of drug-likeness (QED) is 0.305. The Balaban J connectivity index is 1.15. The van der Waals surface area contributed by atoms with Gasteiger partial charge in [0.2, 0.25) is 23.6 Å². The molecule has 4 atom stereocenters. The van der Waals surface area contributed by atoms with Crippen LogP contribution in [0.4, 0.5) is 0 Å². The third-order valence-corrected chi connectivity index (χ3v) is 12.9. The predicted octanol–water partition coefficient (Wildman–Crippen LogP) is 6.27. The summed E-state index contributed by atoms with van der Waals surface area (Å²) in [5.41, 5.74) is -0.0639. The van der Waals surface area contributed by atoms with Crippen LogP contribution in [0.15, 0.2) is 0 Å². The van der Waals surface area contributed by atoms with Crippen LogP contribution in [0.2, 0.25) is 0 Å². The standard InChI is InChI=1S/C34H54N2O5/c1-7-33(5,8-2)21-11-15-23(16-12-21)41-24-17-13-22(14-18-24)35-29(37)25-19-27-28(20-26(25)30(35)38)32(40)36(31(27)39)34(6,9-3)10-4/h21-28H,7-20H2,1-6H3. The number of likely N-dealkylation sites (tertiary alicyclic amines) is 2. The van der Waals surface area contributed by atoms with Crippen LogP contribution in [0, 0.1) is 35.0 Å². The van der Waals surface area contributed by atoms with E-state index in [4.69, 9.17) is 4.74 Å². The highest BCUT2D eigenvalue weighted by molar-refractivity contribution is 6.10. The summed E-state index contributed by atoms with van der Waals surface area (Å²) in [4.78, 5) is 57.2. The van der Waals surface area contributed by atoms with E-state index in [-0.39, 0.29) is 35.8 Å². The molecular formula is C34H54N2O5.